The van der Waals surface area contributed by atoms with Crippen molar-refractivity contribution in [3.05, 3.63) is 82.8 Å². The largest absolute Gasteiger partial charge is 0.494 e. The van der Waals surface area contributed by atoms with E-state index < -0.39 is 35.5 Å². The van der Waals surface area contributed by atoms with Gasteiger partial charge in [0.2, 0.25) is 12.1 Å². The Morgan fingerprint density at radius 3 is 1.50 bits per heavy atom. The lowest BCUT2D eigenvalue weighted by molar-refractivity contribution is -0.127. The van der Waals surface area contributed by atoms with E-state index in [-0.39, 0.29) is 15.7 Å². The molecule has 0 fully saturated rings. The second-order valence-corrected chi connectivity index (χ2v) is 12.5. The van der Waals surface area contributed by atoms with Crippen molar-refractivity contribution in [2.24, 2.45) is 20.5 Å². The Labute approximate surface area is 334 Å². The topological polar surface area (TPSA) is 179 Å². The lowest BCUT2D eigenvalue weighted by Crippen LogP contribution is -2.32. The number of halogens is 2. The van der Waals surface area contributed by atoms with E-state index >= 15 is 0 Å². The number of anilines is 2. The zero-order chi connectivity index (χ0) is 40.8. The first-order valence-electron chi connectivity index (χ1n) is 17.7. The maximum Gasteiger partial charge on any atom is 0.258 e. The number of ether oxygens (including phenoxy) is 4. The molecule has 4 rings (SSSR count). The van der Waals surface area contributed by atoms with Crippen molar-refractivity contribution in [1.29, 1.82) is 0 Å². The molecule has 0 saturated heterocycles. The number of ketones is 2. The minimum Gasteiger partial charge on any atom is -0.494 e. The monoisotopic (exact) mass is 804 g/mol. The third-order valence-electron chi connectivity index (χ3n) is 7.72. The Kier molecular flexibility index (Phi) is 15.9. The van der Waals surface area contributed by atoms with Crippen LogP contribution in [0.15, 0.2) is 93.3 Å². The summed E-state index contributed by atoms with van der Waals surface area (Å²) in [5.74, 6) is -0.660. The lowest BCUT2D eigenvalue weighted by Gasteiger charge is -2.15. The van der Waals surface area contributed by atoms with Crippen molar-refractivity contribution in [1.82, 2.24) is 0 Å². The van der Waals surface area contributed by atoms with Crippen molar-refractivity contribution in [3.63, 3.8) is 0 Å². The zero-order valence-corrected chi connectivity index (χ0v) is 33.2. The van der Waals surface area contributed by atoms with Gasteiger partial charge in [0.05, 0.1) is 53.5 Å². The van der Waals surface area contributed by atoms with Gasteiger partial charge in [-0.25, -0.2) is 0 Å². The number of azo groups is 2. The standard InChI is InChI=1S/C40H42Cl2N6O8/c1-7-53-27-15-19-33(55-9-3)31(21-27)43-39(51)37(23(5)49)47-45-26-13-11-25(12-14-26)29-17-18-30(36(42)35(29)41)46-48-38(24(6)50)40(52)44-32-22-28(54-8-2)16-20-34(32)56-10-4/h11-22,37-38H,7-10H2,1-6H3,(H,43,51)(H,44,52). The van der Waals surface area contributed by atoms with Crippen LogP contribution in [0, 0.1) is 0 Å². The Morgan fingerprint density at radius 1 is 0.589 bits per heavy atom. The van der Waals surface area contributed by atoms with Crippen LogP contribution >= 0.6 is 23.2 Å². The summed E-state index contributed by atoms with van der Waals surface area (Å²) >= 11 is 13.2. The predicted octanol–water partition coefficient (Wildman–Crippen LogP) is 9.62. The highest BCUT2D eigenvalue weighted by Gasteiger charge is 2.26. The van der Waals surface area contributed by atoms with E-state index in [1.807, 2.05) is 20.8 Å². The van der Waals surface area contributed by atoms with Crippen LogP contribution in [0.3, 0.4) is 0 Å². The molecule has 0 aliphatic heterocycles. The smallest absolute Gasteiger partial charge is 0.258 e. The summed E-state index contributed by atoms with van der Waals surface area (Å²) in [6.45, 7) is 11.3. The molecule has 14 nitrogen and oxygen atoms in total. The van der Waals surface area contributed by atoms with Gasteiger partial charge in [0.25, 0.3) is 11.8 Å². The highest BCUT2D eigenvalue weighted by Crippen LogP contribution is 2.40. The molecule has 56 heavy (non-hydrogen) atoms. The number of carbonyl (C=O) groups excluding carboxylic acids is 4. The maximum atomic E-state index is 13.2. The fourth-order valence-corrected chi connectivity index (χ4v) is 5.59. The van der Waals surface area contributed by atoms with E-state index in [0.717, 1.165) is 0 Å². The van der Waals surface area contributed by atoms with E-state index in [4.69, 9.17) is 42.1 Å². The first kappa shape index (κ1) is 42.9. The maximum absolute atomic E-state index is 13.2. The fraction of sp³-hybridized carbons (Fsp3) is 0.300. The average molecular weight is 806 g/mol. The molecular formula is C40H42Cl2N6O8. The van der Waals surface area contributed by atoms with Crippen LogP contribution < -0.4 is 29.6 Å². The van der Waals surface area contributed by atoms with Gasteiger partial charge in [-0.2, -0.15) is 20.5 Å². The highest BCUT2D eigenvalue weighted by atomic mass is 35.5. The Bertz CT molecular complexity index is 2110. The Morgan fingerprint density at radius 2 is 1.05 bits per heavy atom. The van der Waals surface area contributed by atoms with E-state index in [9.17, 15) is 19.2 Å². The van der Waals surface area contributed by atoms with Crippen molar-refractivity contribution in [3.8, 4) is 34.1 Å². The quantitative estimate of drug-likeness (QED) is 0.0695. The van der Waals surface area contributed by atoms with Gasteiger partial charge in [-0.05, 0) is 89.6 Å². The van der Waals surface area contributed by atoms with E-state index in [0.29, 0.717) is 77.6 Å². The van der Waals surface area contributed by atoms with Gasteiger partial charge in [0.15, 0.2) is 11.6 Å². The molecule has 2 N–H and O–H groups in total. The zero-order valence-electron chi connectivity index (χ0n) is 31.7. The first-order chi connectivity index (χ1) is 26.9. The molecule has 0 radical (unpaired) electrons. The third-order valence-corrected chi connectivity index (χ3v) is 8.59. The van der Waals surface area contributed by atoms with Gasteiger partial charge < -0.3 is 29.6 Å². The molecule has 0 aliphatic rings. The highest BCUT2D eigenvalue weighted by molar-refractivity contribution is 6.45. The molecule has 2 amide bonds. The summed E-state index contributed by atoms with van der Waals surface area (Å²) in [6.07, 6.45) is 0. The Balaban J connectivity index is 1.49. The Hall–Kier alpha value is -5.86. The number of nitrogens with one attached hydrogen (secondary N) is 2. The van der Waals surface area contributed by atoms with Crippen LogP contribution in [-0.2, 0) is 19.2 Å². The molecule has 0 heterocycles. The summed E-state index contributed by atoms with van der Waals surface area (Å²) in [5, 5.41) is 21.8. The number of carbonyl (C=O) groups is 4. The summed E-state index contributed by atoms with van der Waals surface area (Å²) in [6, 6.07) is 16.9. The van der Waals surface area contributed by atoms with Crippen molar-refractivity contribution in [2.75, 3.05) is 37.1 Å². The van der Waals surface area contributed by atoms with Gasteiger partial charge in [0.1, 0.15) is 28.7 Å². The molecule has 4 aromatic rings. The van der Waals surface area contributed by atoms with Crippen molar-refractivity contribution >= 4 is 69.3 Å². The van der Waals surface area contributed by atoms with Gasteiger partial charge in [-0.3, -0.25) is 19.2 Å². The number of amides is 2. The van der Waals surface area contributed by atoms with Gasteiger partial charge >= 0.3 is 0 Å². The number of hydrogen-bond donors (Lipinski definition) is 2. The normalized spacial score (nSPS) is 12.2. The summed E-state index contributed by atoms with van der Waals surface area (Å²) in [4.78, 5) is 51.3. The minimum absolute atomic E-state index is 0.0389. The van der Waals surface area contributed by atoms with E-state index in [2.05, 4.69) is 31.1 Å². The molecule has 2 atom stereocenters. The second kappa shape index (κ2) is 20.7. The molecule has 4 aromatic carbocycles. The molecule has 0 spiro atoms. The molecule has 0 aromatic heterocycles. The summed E-state index contributed by atoms with van der Waals surface area (Å²) in [5.41, 5.74) is 2.32. The van der Waals surface area contributed by atoms with E-state index in [1.54, 1.807) is 79.7 Å². The number of rotatable bonds is 19. The SMILES string of the molecule is CCOc1ccc(OCC)c(NC(=O)C(N=Nc2ccc(-c3ccc(N=NC(C(C)=O)C(=O)Nc4cc(OCC)ccc4OCC)c(Cl)c3Cl)cc2)C(C)=O)c1. The molecule has 0 saturated carbocycles. The van der Waals surface area contributed by atoms with Crippen molar-refractivity contribution in [2.45, 2.75) is 53.6 Å². The van der Waals surface area contributed by atoms with Crippen LogP contribution in [0.25, 0.3) is 11.1 Å². The first-order valence-corrected chi connectivity index (χ1v) is 18.5. The predicted molar refractivity (Wildman–Crippen MR) is 215 cm³/mol. The summed E-state index contributed by atoms with van der Waals surface area (Å²) < 4.78 is 22.3. The molecule has 2 unspecified atom stereocenters. The number of Topliss-reactive ketones (excluding diaryl/α,β-unsaturated/α-hetero) is 2. The average Bonchev–Trinajstić information content (AvgIpc) is 3.16. The third kappa shape index (κ3) is 11.3. The van der Waals surface area contributed by atoms with Crippen LogP contribution in [0.4, 0.5) is 22.7 Å². The number of hydrogen-bond acceptors (Lipinski definition) is 12. The molecule has 0 bridgehead atoms. The fourth-order valence-electron chi connectivity index (χ4n) is 5.12. The van der Waals surface area contributed by atoms with Crippen LogP contribution in [-0.4, -0.2) is 61.9 Å². The van der Waals surface area contributed by atoms with Gasteiger partial charge in [-0.1, -0.05) is 41.4 Å². The van der Waals surface area contributed by atoms with Gasteiger partial charge in [-0.15, -0.1) is 0 Å². The molecule has 294 valence electrons. The lowest BCUT2D eigenvalue weighted by atomic mass is 10.0. The molecule has 16 heteroatoms. The minimum atomic E-state index is -1.50. The molecule has 0 aliphatic carbocycles. The van der Waals surface area contributed by atoms with Gasteiger partial charge in [0, 0.05) is 17.7 Å². The number of nitrogens with zero attached hydrogens (tertiary/aromatic N) is 4. The summed E-state index contributed by atoms with van der Waals surface area (Å²) in [7, 11) is 0. The van der Waals surface area contributed by atoms with Crippen LogP contribution in [0.2, 0.25) is 10.0 Å². The van der Waals surface area contributed by atoms with Crippen molar-refractivity contribution < 1.29 is 38.1 Å². The van der Waals surface area contributed by atoms with Crippen LogP contribution in [0.5, 0.6) is 23.0 Å². The second-order valence-electron chi connectivity index (χ2n) is 11.8. The van der Waals surface area contributed by atoms with E-state index in [1.165, 1.54) is 13.8 Å². The number of benzene rings is 4. The van der Waals surface area contributed by atoms with Crippen LogP contribution in [0.1, 0.15) is 41.5 Å². The molecular weight excluding hydrogens is 763 g/mol.